The molecular formula is C13H13BrN2O3S. The summed E-state index contributed by atoms with van der Waals surface area (Å²) < 4.78 is 27.9. The van der Waals surface area contributed by atoms with E-state index in [1.807, 2.05) is 0 Å². The van der Waals surface area contributed by atoms with Crippen molar-refractivity contribution in [3.05, 3.63) is 52.1 Å². The average molecular weight is 357 g/mol. The van der Waals surface area contributed by atoms with E-state index in [4.69, 9.17) is 0 Å². The smallest absolute Gasteiger partial charge is 0.263 e. The van der Waals surface area contributed by atoms with Crippen LogP contribution in [0.25, 0.3) is 0 Å². The van der Waals surface area contributed by atoms with Gasteiger partial charge in [-0.25, -0.2) is 13.4 Å². The zero-order chi connectivity index (χ0) is 14.8. The Morgan fingerprint density at radius 3 is 2.70 bits per heavy atom. The lowest BCUT2D eigenvalue weighted by Crippen LogP contribution is -2.16. The Morgan fingerprint density at radius 1 is 1.35 bits per heavy atom. The van der Waals surface area contributed by atoms with Crippen molar-refractivity contribution >= 4 is 31.8 Å². The molecule has 1 heterocycles. The number of halogens is 1. The molecule has 0 aliphatic rings. The third-order valence-electron chi connectivity index (χ3n) is 2.71. The van der Waals surface area contributed by atoms with E-state index < -0.39 is 10.0 Å². The zero-order valence-electron chi connectivity index (χ0n) is 10.7. The van der Waals surface area contributed by atoms with Crippen molar-refractivity contribution in [1.29, 1.82) is 0 Å². The first-order valence-electron chi connectivity index (χ1n) is 5.78. The van der Waals surface area contributed by atoms with Crippen molar-refractivity contribution in [1.82, 2.24) is 4.98 Å². The monoisotopic (exact) mass is 356 g/mol. The van der Waals surface area contributed by atoms with Gasteiger partial charge >= 0.3 is 0 Å². The molecule has 0 saturated carbocycles. The molecule has 7 heteroatoms. The molecule has 0 bridgehead atoms. The van der Waals surface area contributed by atoms with E-state index in [2.05, 4.69) is 25.6 Å². The minimum atomic E-state index is -3.78. The summed E-state index contributed by atoms with van der Waals surface area (Å²) in [6.45, 7) is 1.41. The molecule has 0 aliphatic carbocycles. The first-order valence-corrected chi connectivity index (χ1v) is 8.05. The summed E-state index contributed by atoms with van der Waals surface area (Å²) in [5.41, 5.74) is 1.04. The van der Waals surface area contributed by atoms with Gasteiger partial charge in [-0.05, 0) is 46.1 Å². The fourth-order valence-corrected chi connectivity index (χ4v) is 3.49. The maximum atomic E-state index is 12.3. The van der Waals surface area contributed by atoms with Gasteiger partial charge in [-0.3, -0.25) is 4.72 Å². The van der Waals surface area contributed by atoms with E-state index in [-0.39, 0.29) is 17.3 Å². The molecule has 0 fully saturated rings. The number of hydrogen-bond donors (Lipinski definition) is 2. The van der Waals surface area contributed by atoms with Crippen LogP contribution in [0.5, 0.6) is 0 Å². The Bertz CT molecular complexity index is 732. The van der Waals surface area contributed by atoms with E-state index in [9.17, 15) is 13.5 Å². The number of aryl methyl sites for hydroxylation is 1. The maximum Gasteiger partial charge on any atom is 0.263 e. The highest BCUT2D eigenvalue weighted by molar-refractivity contribution is 9.10. The number of aliphatic hydroxyl groups excluding tert-OH is 1. The summed E-state index contributed by atoms with van der Waals surface area (Å²) in [4.78, 5) is 4.09. The number of benzene rings is 1. The summed E-state index contributed by atoms with van der Waals surface area (Å²) in [7, 11) is -3.78. The predicted octanol–water partition coefficient (Wildman–Crippen LogP) is 2.45. The molecule has 0 unspecified atom stereocenters. The number of nitrogens with one attached hydrogen (secondary N) is 1. The second-order valence-corrected chi connectivity index (χ2v) is 6.76. The Labute approximate surface area is 125 Å². The Kier molecular flexibility index (Phi) is 4.42. The van der Waals surface area contributed by atoms with Crippen molar-refractivity contribution in [3.63, 3.8) is 0 Å². The van der Waals surface area contributed by atoms with Gasteiger partial charge < -0.3 is 5.11 Å². The number of aromatic nitrogens is 1. The molecule has 2 aromatic rings. The number of hydrogen-bond acceptors (Lipinski definition) is 4. The molecule has 0 amide bonds. The van der Waals surface area contributed by atoms with Crippen LogP contribution < -0.4 is 4.72 Å². The lowest BCUT2D eigenvalue weighted by atomic mass is 10.2. The molecule has 0 atom stereocenters. The largest absolute Gasteiger partial charge is 0.392 e. The van der Waals surface area contributed by atoms with Crippen LogP contribution in [-0.4, -0.2) is 18.5 Å². The quantitative estimate of drug-likeness (QED) is 0.881. The first kappa shape index (κ1) is 15.0. The second kappa shape index (κ2) is 5.90. The van der Waals surface area contributed by atoms with E-state index in [1.54, 1.807) is 31.2 Å². The molecule has 5 nitrogen and oxygen atoms in total. The number of anilines is 1. The summed E-state index contributed by atoms with van der Waals surface area (Å²) >= 11 is 3.27. The van der Waals surface area contributed by atoms with Gasteiger partial charge in [0.2, 0.25) is 0 Å². The zero-order valence-corrected chi connectivity index (χ0v) is 13.1. The van der Waals surface area contributed by atoms with Crippen LogP contribution in [0.1, 0.15) is 11.1 Å². The minimum absolute atomic E-state index is 0.0478. The average Bonchev–Trinajstić information content (AvgIpc) is 2.42. The van der Waals surface area contributed by atoms with E-state index in [0.29, 0.717) is 11.1 Å². The van der Waals surface area contributed by atoms with E-state index in [1.165, 1.54) is 12.3 Å². The molecule has 1 aromatic carbocycles. The van der Waals surface area contributed by atoms with Gasteiger partial charge in [0.1, 0.15) is 5.82 Å². The minimum Gasteiger partial charge on any atom is -0.392 e. The number of rotatable bonds is 4. The summed E-state index contributed by atoms with van der Waals surface area (Å²) in [6, 6.07) is 8.06. The van der Waals surface area contributed by atoms with Gasteiger partial charge in [0.25, 0.3) is 10.0 Å². The molecule has 20 heavy (non-hydrogen) atoms. The van der Waals surface area contributed by atoms with Gasteiger partial charge in [-0.15, -0.1) is 0 Å². The molecule has 2 rings (SSSR count). The normalized spacial score (nSPS) is 11.3. The molecule has 0 spiro atoms. The van der Waals surface area contributed by atoms with Gasteiger partial charge in [0.05, 0.1) is 11.5 Å². The van der Waals surface area contributed by atoms with E-state index in [0.717, 1.165) is 4.47 Å². The van der Waals surface area contributed by atoms with Crippen molar-refractivity contribution in [2.75, 3.05) is 4.72 Å². The highest BCUT2D eigenvalue weighted by atomic mass is 79.9. The summed E-state index contributed by atoms with van der Waals surface area (Å²) in [6.07, 6.45) is 1.52. The predicted molar refractivity (Wildman–Crippen MR) is 79.8 cm³/mol. The topological polar surface area (TPSA) is 79.3 Å². The molecule has 0 radical (unpaired) electrons. The van der Waals surface area contributed by atoms with Crippen molar-refractivity contribution in [3.8, 4) is 0 Å². The molecule has 106 valence electrons. The van der Waals surface area contributed by atoms with Crippen LogP contribution >= 0.6 is 15.9 Å². The van der Waals surface area contributed by atoms with Crippen LogP contribution in [0.3, 0.4) is 0 Å². The van der Waals surface area contributed by atoms with Crippen LogP contribution in [0.4, 0.5) is 5.82 Å². The van der Waals surface area contributed by atoms with Gasteiger partial charge in [0.15, 0.2) is 0 Å². The Hall–Kier alpha value is -1.44. The van der Waals surface area contributed by atoms with Gasteiger partial charge in [0, 0.05) is 10.7 Å². The first-order chi connectivity index (χ1) is 9.44. The lowest BCUT2D eigenvalue weighted by molar-refractivity contribution is 0.278. The van der Waals surface area contributed by atoms with Crippen LogP contribution in [-0.2, 0) is 16.6 Å². The maximum absolute atomic E-state index is 12.3. The SMILES string of the molecule is Cc1cc(Br)cnc1NS(=O)(=O)c1ccccc1CO. The third kappa shape index (κ3) is 3.17. The third-order valence-corrected chi connectivity index (χ3v) is 4.58. The number of nitrogens with zero attached hydrogens (tertiary/aromatic N) is 1. The highest BCUT2D eigenvalue weighted by Gasteiger charge is 2.19. The fourth-order valence-electron chi connectivity index (χ4n) is 1.73. The number of sulfonamides is 1. The van der Waals surface area contributed by atoms with Gasteiger partial charge in [-0.2, -0.15) is 0 Å². The van der Waals surface area contributed by atoms with Crippen molar-refractivity contribution in [2.24, 2.45) is 0 Å². The fraction of sp³-hybridized carbons (Fsp3) is 0.154. The Morgan fingerprint density at radius 2 is 2.05 bits per heavy atom. The molecule has 0 saturated heterocycles. The number of pyridine rings is 1. The van der Waals surface area contributed by atoms with Crippen molar-refractivity contribution in [2.45, 2.75) is 18.4 Å². The van der Waals surface area contributed by atoms with Crippen LogP contribution in [0, 0.1) is 6.92 Å². The highest BCUT2D eigenvalue weighted by Crippen LogP contribution is 2.22. The molecule has 0 aliphatic heterocycles. The summed E-state index contributed by atoms with van der Waals surface area (Å²) in [5.74, 6) is 0.265. The standard InChI is InChI=1S/C13H13BrN2O3S/c1-9-6-11(14)7-15-13(9)16-20(18,19)12-5-3-2-4-10(12)8-17/h2-7,17H,8H2,1H3,(H,15,16). The van der Waals surface area contributed by atoms with Gasteiger partial charge in [-0.1, -0.05) is 18.2 Å². The van der Waals surface area contributed by atoms with Crippen LogP contribution in [0.2, 0.25) is 0 Å². The summed E-state index contributed by atoms with van der Waals surface area (Å²) in [5, 5.41) is 9.22. The number of aliphatic hydroxyl groups is 1. The van der Waals surface area contributed by atoms with Crippen molar-refractivity contribution < 1.29 is 13.5 Å². The molecular weight excluding hydrogens is 344 g/mol. The lowest BCUT2D eigenvalue weighted by Gasteiger charge is -2.12. The molecule has 1 aromatic heterocycles. The molecule has 2 N–H and O–H groups in total. The second-order valence-electron chi connectivity index (χ2n) is 4.19. The van der Waals surface area contributed by atoms with Crippen LogP contribution in [0.15, 0.2) is 45.9 Å². The van der Waals surface area contributed by atoms with E-state index >= 15 is 0 Å². The Balaban J connectivity index is 2.41.